The molecule has 59 heavy (non-hydrogen) atoms. The third-order valence-corrected chi connectivity index (χ3v) is 19.6. The van der Waals surface area contributed by atoms with E-state index in [1.807, 2.05) is 0 Å². The van der Waals surface area contributed by atoms with Gasteiger partial charge in [0.15, 0.2) is 12.6 Å². The largest absolute Gasteiger partial charge is 0.480 e. The number of aromatic nitrogens is 3. The molecule has 3 saturated heterocycles. The number of hydrogen-bond acceptors (Lipinski definition) is 10. The Kier molecular flexibility index (Phi) is 11.5. The van der Waals surface area contributed by atoms with Crippen LogP contribution in [0, 0.1) is 23.1 Å². The van der Waals surface area contributed by atoms with Gasteiger partial charge >= 0.3 is 6.01 Å². The SMILES string of the molecule is COCOc1cc(-c2nc(OC)c3c(N4CCCOC5CC54)nc(OC[C@@]45CCCN4C[C@H](F)C5)nc3c2F)c2c(C#C[Si](C(C)C)(C(C)C)C(C)C)c(F)ccc2c1. The molecule has 14 heteroatoms. The summed E-state index contributed by atoms with van der Waals surface area (Å²) in [5, 5.41) is 1.28. The van der Waals surface area contributed by atoms with E-state index in [0.717, 1.165) is 32.2 Å². The van der Waals surface area contributed by atoms with Gasteiger partial charge in [0.2, 0.25) is 5.88 Å². The summed E-state index contributed by atoms with van der Waals surface area (Å²) in [7, 11) is 0.669. The maximum atomic E-state index is 17.9. The standard InChI is InChI=1S/C45H56F3N5O5Si/c1-26(2)59(27(3)4,28(5)6)18-13-32-34(47)12-11-29-19-31(58-25-54-7)20-33(37(29)32)40-39(48)41-38(43(49-40)55-8)42(53-16-10-17-56-36-21-35(36)53)51-44(50-41)57-24-45-14-9-15-52(45)23-30(46)22-45/h11-12,19-20,26-28,30,35-36H,9-10,14-17,21-25H2,1-8H3/t30-,35?,36?,45+/m1/s1. The van der Waals surface area contributed by atoms with Crippen LogP contribution in [0.2, 0.25) is 16.6 Å². The first-order valence-corrected chi connectivity index (χ1v) is 23.3. The molecule has 0 amide bonds. The van der Waals surface area contributed by atoms with Crippen LogP contribution in [0.4, 0.5) is 19.0 Å². The summed E-state index contributed by atoms with van der Waals surface area (Å²) < 4.78 is 78.6. The summed E-state index contributed by atoms with van der Waals surface area (Å²) >= 11 is 0. The Morgan fingerprint density at radius 2 is 1.75 bits per heavy atom. The Morgan fingerprint density at radius 1 is 0.966 bits per heavy atom. The van der Waals surface area contributed by atoms with E-state index >= 15 is 8.78 Å². The lowest BCUT2D eigenvalue weighted by Crippen LogP contribution is -2.43. The average molecular weight is 832 g/mol. The van der Waals surface area contributed by atoms with Crippen LogP contribution >= 0.6 is 0 Å². The van der Waals surface area contributed by atoms with E-state index in [1.54, 1.807) is 18.2 Å². The van der Waals surface area contributed by atoms with Crippen molar-refractivity contribution < 1.29 is 36.9 Å². The first-order valence-electron chi connectivity index (χ1n) is 21.1. The van der Waals surface area contributed by atoms with E-state index in [4.69, 9.17) is 38.6 Å². The Bertz CT molecular complexity index is 2280. The van der Waals surface area contributed by atoms with Gasteiger partial charge in [0, 0.05) is 44.2 Å². The van der Waals surface area contributed by atoms with Crippen molar-refractivity contribution in [2.45, 2.75) is 114 Å². The second-order valence-corrected chi connectivity index (χ2v) is 23.2. The summed E-state index contributed by atoms with van der Waals surface area (Å²) in [6.45, 7) is 15.7. The molecule has 4 aliphatic rings. The normalized spacial score (nSPS) is 23.2. The molecule has 0 N–H and O–H groups in total. The topological polar surface area (TPSA) is 91.3 Å². The van der Waals surface area contributed by atoms with Crippen molar-refractivity contribution in [1.29, 1.82) is 0 Å². The maximum Gasteiger partial charge on any atom is 0.319 e. The van der Waals surface area contributed by atoms with Crippen LogP contribution < -0.4 is 19.1 Å². The highest BCUT2D eigenvalue weighted by atomic mass is 28.3. The van der Waals surface area contributed by atoms with E-state index in [9.17, 15) is 4.39 Å². The summed E-state index contributed by atoms with van der Waals surface area (Å²) in [6.07, 6.45) is 2.74. The van der Waals surface area contributed by atoms with E-state index in [2.05, 4.69) is 62.8 Å². The fourth-order valence-electron chi connectivity index (χ4n) is 10.5. The Hall–Kier alpha value is -4.16. The first kappa shape index (κ1) is 41.6. The number of pyridine rings is 1. The predicted molar refractivity (Wildman–Crippen MR) is 226 cm³/mol. The number of halogens is 3. The van der Waals surface area contributed by atoms with Crippen molar-refractivity contribution in [3.8, 4) is 40.4 Å². The summed E-state index contributed by atoms with van der Waals surface area (Å²) in [4.78, 5) is 18.8. The Morgan fingerprint density at radius 3 is 2.47 bits per heavy atom. The minimum Gasteiger partial charge on any atom is -0.480 e. The molecular weight excluding hydrogens is 776 g/mol. The van der Waals surface area contributed by atoms with Crippen molar-refractivity contribution in [2.75, 3.05) is 58.8 Å². The number of nitrogens with zero attached hydrogens (tertiary/aromatic N) is 5. The van der Waals surface area contributed by atoms with Gasteiger partial charge in [-0.05, 0) is 72.4 Å². The molecule has 2 aromatic carbocycles. The number of methoxy groups -OCH3 is 2. The van der Waals surface area contributed by atoms with E-state index < -0.39 is 31.4 Å². The van der Waals surface area contributed by atoms with Crippen molar-refractivity contribution in [3.63, 3.8) is 0 Å². The predicted octanol–water partition coefficient (Wildman–Crippen LogP) is 9.01. The smallest absolute Gasteiger partial charge is 0.319 e. The van der Waals surface area contributed by atoms with Crippen LogP contribution in [0.5, 0.6) is 17.6 Å². The van der Waals surface area contributed by atoms with Gasteiger partial charge in [-0.3, -0.25) is 4.90 Å². The lowest BCUT2D eigenvalue weighted by molar-refractivity contribution is 0.0512. The van der Waals surface area contributed by atoms with Crippen LogP contribution in [-0.2, 0) is 9.47 Å². The lowest BCUT2D eigenvalue weighted by Gasteiger charge is -2.38. The highest BCUT2D eigenvalue weighted by molar-refractivity contribution is 6.90. The molecule has 3 aliphatic heterocycles. The van der Waals surface area contributed by atoms with Crippen molar-refractivity contribution >= 4 is 35.6 Å². The monoisotopic (exact) mass is 831 g/mol. The van der Waals surface area contributed by atoms with Crippen LogP contribution in [0.15, 0.2) is 24.3 Å². The molecule has 316 valence electrons. The van der Waals surface area contributed by atoms with E-state index in [-0.39, 0.29) is 59.8 Å². The zero-order valence-corrected chi connectivity index (χ0v) is 36.5. The molecule has 8 rings (SSSR count). The molecule has 4 atom stereocenters. The minimum atomic E-state index is -2.32. The van der Waals surface area contributed by atoms with E-state index in [1.165, 1.54) is 20.3 Å². The number of ether oxygens (including phenoxy) is 5. The minimum absolute atomic E-state index is 0.0199. The molecule has 0 spiro atoms. The van der Waals surface area contributed by atoms with Crippen LogP contribution in [-0.4, -0.2) is 106 Å². The van der Waals surface area contributed by atoms with Gasteiger partial charge in [-0.15, -0.1) is 5.54 Å². The number of benzene rings is 2. The number of hydrogen-bond donors (Lipinski definition) is 0. The molecular formula is C45H56F3N5O5Si. The quantitative estimate of drug-likeness (QED) is 0.0783. The molecule has 4 aromatic rings. The zero-order chi connectivity index (χ0) is 41.8. The van der Waals surface area contributed by atoms with Crippen LogP contribution in [0.25, 0.3) is 32.9 Å². The molecule has 1 aliphatic carbocycles. The third kappa shape index (κ3) is 7.40. The second-order valence-electron chi connectivity index (χ2n) is 17.6. The molecule has 5 heterocycles. The maximum absolute atomic E-state index is 17.9. The Balaban J connectivity index is 1.36. The van der Waals surface area contributed by atoms with Crippen molar-refractivity contribution in [2.24, 2.45) is 0 Å². The number of fused-ring (bicyclic) bond motifs is 4. The average Bonchev–Trinajstić information content (AvgIpc) is 3.81. The second kappa shape index (κ2) is 16.4. The molecule has 0 bridgehead atoms. The fourth-order valence-corrected chi connectivity index (χ4v) is 15.7. The van der Waals surface area contributed by atoms with Gasteiger partial charge in [0.25, 0.3) is 0 Å². The van der Waals surface area contributed by atoms with Gasteiger partial charge in [-0.1, -0.05) is 53.5 Å². The van der Waals surface area contributed by atoms with Crippen LogP contribution in [0.3, 0.4) is 0 Å². The highest BCUT2D eigenvalue weighted by Gasteiger charge is 2.50. The number of anilines is 1. The zero-order valence-electron chi connectivity index (χ0n) is 35.5. The lowest BCUT2D eigenvalue weighted by atomic mass is 9.95. The van der Waals surface area contributed by atoms with Crippen molar-refractivity contribution in [1.82, 2.24) is 19.9 Å². The summed E-state index contributed by atoms with van der Waals surface area (Å²) in [5.41, 5.74) is 4.36. The highest BCUT2D eigenvalue weighted by Crippen LogP contribution is 2.47. The molecule has 2 aromatic heterocycles. The summed E-state index contributed by atoms with van der Waals surface area (Å²) in [6, 6.07) is 6.46. The van der Waals surface area contributed by atoms with Gasteiger partial charge < -0.3 is 28.6 Å². The summed E-state index contributed by atoms with van der Waals surface area (Å²) in [5.74, 6) is 2.96. The van der Waals surface area contributed by atoms with Gasteiger partial charge in [-0.25, -0.2) is 18.2 Å². The number of rotatable bonds is 12. The molecule has 10 nitrogen and oxygen atoms in total. The third-order valence-electron chi connectivity index (χ3n) is 13.3. The molecule has 2 unspecified atom stereocenters. The number of alkyl halides is 1. The van der Waals surface area contributed by atoms with Gasteiger partial charge in [0.1, 0.15) is 54.8 Å². The van der Waals surface area contributed by atoms with Gasteiger partial charge in [0.05, 0.1) is 30.4 Å². The Labute approximate surface area is 346 Å². The first-order chi connectivity index (χ1) is 28.3. The molecule has 4 fully saturated rings. The van der Waals surface area contributed by atoms with Crippen molar-refractivity contribution in [3.05, 3.63) is 41.5 Å². The van der Waals surface area contributed by atoms with E-state index in [0.29, 0.717) is 70.5 Å². The fraction of sp³-hybridized carbons (Fsp3) is 0.578. The van der Waals surface area contributed by atoms with Crippen LogP contribution in [0.1, 0.15) is 79.2 Å². The molecule has 0 radical (unpaired) electrons. The van der Waals surface area contributed by atoms with Gasteiger partial charge in [-0.2, -0.15) is 9.97 Å². The molecule has 1 saturated carbocycles.